The molecule has 0 fully saturated rings. The Kier molecular flexibility index (Phi) is 4.73. The van der Waals surface area contributed by atoms with Crippen LogP contribution >= 0.6 is 27.7 Å². The Balaban J connectivity index is 2.13. The zero-order valence-corrected chi connectivity index (χ0v) is 14.6. The van der Waals surface area contributed by atoms with Crippen LogP contribution in [-0.2, 0) is 4.79 Å². The lowest BCUT2D eigenvalue weighted by Crippen LogP contribution is -2.31. The maximum absolute atomic E-state index is 14.2. The molecule has 3 rings (SSSR count). The molecule has 0 saturated heterocycles. The summed E-state index contributed by atoms with van der Waals surface area (Å²) >= 11 is 4.46. The van der Waals surface area contributed by atoms with E-state index < -0.39 is 17.3 Å². The number of aromatic amines is 1. The summed E-state index contributed by atoms with van der Waals surface area (Å²) in [5.74, 6) is 1.42. The van der Waals surface area contributed by atoms with Gasteiger partial charge in [0.1, 0.15) is 11.6 Å². The first kappa shape index (κ1) is 16.7. The third-order valence-electron chi connectivity index (χ3n) is 3.56. The molecule has 2 heterocycles. The highest BCUT2D eigenvalue weighted by molar-refractivity contribution is 9.10. The highest BCUT2D eigenvalue weighted by atomic mass is 79.9. The Hall–Kier alpha value is -2.11. The zero-order chi connectivity index (χ0) is 17.3. The van der Waals surface area contributed by atoms with Crippen LogP contribution in [0.2, 0.25) is 0 Å². The van der Waals surface area contributed by atoms with Crippen molar-refractivity contribution in [1.29, 1.82) is 0 Å². The van der Waals surface area contributed by atoms with E-state index in [1.165, 1.54) is 17.8 Å². The van der Waals surface area contributed by atoms with Crippen molar-refractivity contribution < 1.29 is 9.18 Å². The van der Waals surface area contributed by atoms with Gasteiger partial charge in [0.2, 0.25) is 5.91 Å². The van der Waals surface area contributed by atoms with E-state index in [-0.39, 0.29) is 29.3 Å². The lowest BCUT2D eigenvalue weighted by molar-refractivity contribution is -0.116. The predicted octanol–water partition coefficient (Wildman–Crippen LogP) is 2.87. The van der Waals surface area contributed by atoms with Crippen molar-refractivity contribution in [2.24, 2.45) is 0 Å². The molecule has 2 N–H and O–H groups in total. The van der Waals surface area contributed by atoms with Crippen molar-refractivity contribution >= 4 is 39.4 Å². The molecular weight excluding hydrogens is 397 g/mol. The van der Waals surface area contributed by atoms with E-state index in [1.54, 1.807) is 12.1 Å². The summed E-state index contributed by atoms with van der Waals surface area (Å²) in [5, 5.41) is 2.89. The summed E-state index contributed by atoms with van der Waals surface area (Å²) in [7, 11) is 0. The van der Waals surface area contributed by atoms with Gasteiger partial charge in [-0.2, -0.15) is 0 Å². The number of halogens is 2. The van der Waals surface area contributed by atoms with Gasteiger partial charge in [0.05, 0.1) is 11.3 Å². The molecule has 0 bridgehead atoms. The minimum atomic E-state index is -0.700. The topological polar surface area (TPSA) is 74.8 Å². The molecule has 0 spiro atoms. The van der Waals surface area contributed by atoms with Gasteiger partial charge >= 0.3 is 0 Å². The average Bonchev–Trinajstić information content (AvgIpc) is 2.54. The summed E-state index contributed by atoms with van der Waals surface area (Å²) < 4.78 is 14.9. The van der Waals surface area contributed by atoms with Crippen LogP contribution in [0.5, 0.6) is 0 Å². The molecule has 0 radical (unpaired) electrons. The summed E-state index contributed by atoms with van der Waals surface area (Å²) in [5.41, 5.74) is 0.109. The van der Waals surface area contributed by atoms with E-state index in [0.717, 1.165) is 0 Å². The van der Waals surface area contributed by atoms with Gasteiger partial charge in [0.15, 0.2) is 5.16 Å². The summed E-state index contributed by atoms with van der Waals surface area (Å²) in [6.45, 7) is 0. The summed E-state index contributed by atoms with van der Waals surface area (Å²) in [6, 6.07) is 4.43. The average molecular weight is 408 g/mol. The molecule has 2 aromatic rings. The number of terminal acetylenes is 1. The number of H-pyrrole nitrogens is 1. The molecule has 1 atom stereocenters. The van der Waals surface area contributed by atoms with E-state index in [2.05, 4.69) is 37.1 Å². The molecule has 1 aliphatic rings. The van der Waals surface area contributed by atoms with Crippen LogP contribution in [0.4, 0.5) is 10.2 Å². The van der Waals surface area contributed by atoms with Crippen molar-refractivity contribution in [3.05, 3.63) is 50.0 Å². The van der Waals surface area contributed by atoms with E-state index in [0.29, 0.717) is 15.4 Å². The molecule has 1 aromatic heterocycles. The number of carbonyl (C=O) groups excluding carboxylic acids is 1. The third kappa shape index (κ3) is 3.23. The van der Waals surface area contributed by atoms with Gasteiger partial charge in [0.25, 0.3) is 5.56 Å². The fourth-order valence-corrected chi connectivity index (χ4v) is 3.50. The van der Waals surface area contributed by atoms with Gasteiger partial charge in [-0.05, 0) is 23.8 Å². The fourth-order valence-electron chi connectivity index (χ4n) is 2.58. The second-order valence-corrected chi connectivity index (χ2v) is 6.98. The molecule has 122 valence electrons. The van der Waals surface area contributed by atoms with Crippen molar-refractivity contribution in [3.8, 4) is 12.3 Å². The molecule has 0 saturated carbocycles. The first-order valence-electron chi connectivity index (χ1n) is 6.95. The van der Waals surface area contributed by atoms with E-state index in [1.807, 2.05) is 0 Å². The lowest BCUT2D eigenvalue weighted by atomic mass is 9.86. The van der Waals surface area contributed by atoms with Crippen LogP contribution < -0.4 is 10.9 Å². The van der Waals surface area contributed by atoms with Crippen LogP contribution in [0.1, 0.15) is 23.5 Å². The molecule has 8 heteroatoms. The molecule has 0 aliphatic carbocycles. The van der Waals surface area contributed by atoms with Crippen LogP contribution in [0.3, 0.4) is 0 Å². The Morgan fingerprint density at radius 1 is 1.46 bits per heavy atom. The van der Waals surface area contributed by atoms with Crippen LogP contribution in [0, 0.1) is 18.2 Å². The number of benzene rings is 1. The van der Waals surface area contributed by atoms with Crippen molar-refractivity contribution in [3.63, 3.8) is 0 Å². The number of anilines is 1. The fraction of sp³-hybridized carbons (Fsp3) is 0.188. The van der Waals surface area contributed by atoms with E-state index >= 15 is 0 Å². The van der Waals surface area contributed by atoms with E-state index in [9.17, 15) is 14.0 Å². The Morgan fingerprint density at radius 3 is 3.00 bits per heavy atom. The standard InChI is InChI=1S/C16H11BrFN3O2S/c1-2-5-24-16-20-14-13(15(23)21-16)10(7-12(22)19-14)9-6-8(17)3-4-11(9)18/h1,3-4,6,10H,5,7H2,(H2,19,20,21,22,23)/t10-/m0/s1. The largest absolute Gasteiger partial charge is 0.310 e. The van der Waals surface area contributed by atoms with E-state index in [4.69, 9.17) is 6.42 Å². The summed E-state index contributed by atoms with van der Waals surface area (Å²) in [6.07, 6.45) is 5.17. The molecular formula is C16H11BrFN3O2S. The maximum Gasteiger partial charge on any atom is 0.257 e. The molecule has 1 aliphatic heterocycles. The Labute approximate surface area is 149 Å². The van der Waals surface area contributed by atoms with Gasteiger partial charge in [-0.3, -0.25) is 9.59 Å². The number of nitrogens with zero attached hydrogens (tertiary/aromatic N) is 1. The smallest absolute Gasteiger partial charge is 0.257 e. The van der Waals surface area contributed by atoms with Crippen LogP contribution in [0.15, 0.2) is 32.6 Å². The number of hydrogen-bond donors (Lipinski definition) is 2. The molecule has 5 nitrogen and oxygen atoms in total. The van der Waals surface area contributed by atoms with Gasteiger partial charge in [-0.25, -0.2) is 9.37 Å². The number of fused-ring (bicyclic) bond motifs is 1. The SMILES string of the molecule is C#CCSc1nc2c(c(=O)[nH]1)[C@H](c1cc(Br)ccc1F)CC(=O)N2. The van der Waals surface area contributed by atoms with Crippen molar-refractivity contribution in [2.45, 2.75) is 17.5 Å². The number of thioether (sulfide) groups is 1. The number of carbonyl (C=O) groups is 1. The zero-order valence-electron chi connectivity index (χ0n) is 12.2. The Morgan fingerprint density at radius 2 is 2.25 bits per heavy atom. The first-order chi connectivity index (χ1) is 11.5. The minimum absolute atomic E-state index is 0.0258. The van der Waals surface area contributed by atoms with Gasteiger partial charge in [-0.15, -0.1) is 6.42 Å². The number of amides is 1. The number of rotatable bonds is 3. The molecule has 1 amide bonds. The highest BCUT2D eigenvalue weighted by Gasteiger charge is 2.32. The normalized spacial score (nSPS) is 16.2. The molecule has 24 heavy (non-hydrogen) atoms. The third-order valence-corrected chi connectivity index (χ3v) is 4.83. The Bertz CT molecular complexity index is 923. The lowest BCUT2D eigenvalue weighted by Gasteiger charge is -2.24. The number of aromatic nitrogens is 2. The van der Waals surface area contributed by atoms with Crippen molar-refractivity contribution in [1.82, 2.24) is 9.97 Å². The number of nitrogens with one attached hydrogen (secondary N) is 2. The van der Waals surface area contributed by atoms with Crippen LogP contribution in [0.25, 0.3) is 0 Å². The maximum atomic E-state index is 14.2. The molecule has 0 unspecified atom stereocenters. The van der Waals surface area contributed by atoms with Gasteiger partial charge < -0.3 is 10.3 Å². The highest BCUT2D eigenvalue weighted by Crippen LogP contribution is 2.36. The monoisotopic (exact) mass is 407 g/mol. The predicted molar refractivity (Wildman–Crippen MR) is 93.6 cm³/mol. The number of hydrogen-bond acceptors (Lipinski definition) is 4. The molecule has 1 aromatic carbocycles. The second-order valence-electron chi connectivity index (χ2n) is 5.10. The van der Waals surface area contributed by atoms with Crippen LogP contribution in [-0.4, -0.2) is 21.6 Å². The van der Waals surface area contributed by atoms with Crippen molar-refractivity contribution in [2.75, 3.05) is 11.1 Å². The first-order valence-corrected chi connectivity index (χ1v) is 8.72. The van der Waals surface area contributed by atoms with Gasteiger partial charge in [0, 0.05) is 16.8 Å². The van der Waals surface area contributed by atoms with Gasteiger partial charge in [-0.1, -0.05) is 33.6 Å². The second kappa shape index (κ2) is 6.79. The summed E-state index contributed by atoms with van der Waals surface area (Å²) in [4.78, 5) is 31.4. The quantitative estimate of drug-likeness (QED) is 0.466. The minimum Gasteiger partial charge on any atom is -0.310 e.